The molecule has 2 aromatic carbocycles. The minimum absolute atomic E-state index is 0.164. The summed E-state index contributed by atoms with van der Waals surface area (Å²) in [6.07, 6.45) is 8.56. The minimum atomic E-state index is -0.164. The summed E-state index contributed by atoms with van der Waals surface area (Å²) in [4.78, 5) is 12.0. The number of rotatable bonds is 5. The van der Waals surface area contributed by atoms with Gasteiger partial charge in [-0.3, -0.25) is 4.79 Å². The van der Waals surface area contributed by atoms with E-state index >= 15 is 0 Å². The Morgan fingerprint density at radius 2 is 1.83 bits per heavy atom. The molecule has 0 spiro atoms. The van der Waals surface area contributed by atoms with E-state index in [1.807, 2.05) is 18.2 Å². The Morgan fingerprint density at radius 1 is 1.08 bits per heavy atom. The van der Waals surface area contributed by atoms with Crippen LogP contribution >= 0.6 is 0 Å². The first-order valence-electron chi connectivity index (χ1n) is 8.83. The SMILES string of the molecule is N/C(=C\OC(=O)CC1CCCCC1)Cc1cccc2ccccc12. The number of fused-ring (bicyclic) bond motifs is 1. The van der Waals surface area contributed by atoms with Crippen LogP contribution in [-0.4, -0.2) is 5.97 Å². The summed E-state index contributed by atoms with van der Waals surface area (Å²) in [6.45, 7) is 0. The van der Waals surface area contributed by atoms with Crippen LogP contribution in [0.2, 0.25) is 0 Å². The van der Waals surface area contributed by atoms with Crippen LogP contribution in [0.4, 0.5) is 0 Å². The molecule has 0 bridgehead atoms. The van der Waals surface area contributed by atoms with Gasteiger partial charge in [-0.25, -0.2) is 0 Å². The van der Waals surface area contributed by atoms with Gasteiger partial charge in [0.1, 0.15) is 6.26 Å². The van der Waals surface area contributed by atoms with Crippen LogP contribution < -0.4 is 5.73 Å². The molecule has 3 rings (SSSR count). The summed E-state index contributed by atoms with van der Waals surface area (Å²) in [6, 6.07) is 14.4. The van der Waals surface area contributed by atoms with E-state index in [9.17, 15) is 4.79 Å². The van der Waals surface area contributed by atoms with Crippen molar-refractivity contribution in [2.45, 2.75) is 44.9 Å². The fourth-order valence-corrected chi connectivity index (χ4v) is 3.52. The molecule has 0 heterocycles. The van der Waals surface area contributed by atoms with Crippen molar-refractivity contribution >= 4 is 16.7 Å². The lowest BCUT2D eigenvalue weighted by molar-refractivity contribution is -0.139. The minimum Gasteiger partial charge on any atom is -0.433 e. The number of hydrogen-bond acceptors (Lipinski definition) is 3. The third kappa shape index (κ3) is 4.38. The zero-order valence-corrected chi connectivity index (χ0v) is 14.0. The number of carbonyl (C=O) groups is 1. The molecule has 1 aliphatic carbocycles. The molecule has 2 aromatic rings. The van der Waals surface area contributed by atoms with E-state index in [2.05, 4.69) is 24.3 Å². The van der Waals surface area contributed by atoms with Gasteiger partial charge < -0.3 is 10.5 Å². The second-order valence-electron chi connectivity index (χ2n) is 6.71. The molecule has 2 N–H and O–H groups in total. The van der Waals surface area contributed by atoms with Crippen molar-refractivity contribution in [3.8, 4) is 0 Å². The molecule has 0 atom stereocenters. The first-order chi connectivity index (χ1) is 11.7. The Bertz CT molecular complexity index is 724. The van der Waals surface area contributed by atoms with E-state index in [1.165, 1.54) is 36.3 Å². The second kappa shape index (κ2) is 8.00. The fourth-order valence-electron chi connectivity index (χ4n) is 3.52. The number of esters is 1. The molecule has 3 nitrogen and oxygen atoms in total. The molecular formula is C21H25NO2. The number of allylic oxidation sites excluding steroid dienone is 1. The van der Waals surface area contributed by atoms with Gasteiger partial charge >= 0.3 is 5.97 Å². The Hall–Kier alpha value is -2.29. The summed E-state index contributed by atoms with van der Waals surface area (Å²) in [5.41, 5.74) is 7.78. The van der Waals surface area contributed by atoms with Crippen molar-refractivity contribution in [2.75, 3.05) is 0 Å². The quantitative estimate of drug-likeness (QED) is 0.641. The van der Waals surface area contributed by atoms with Crippen molar-refractivity contribution < 1.29 is 9.53 Å². The van der Waals surface area contributed by atoms with Gasteiger partial charge in [0, 0.05) is 18.5 Å². The van der Waals surface area contributed by atoms with Crippen molar-refractivity contribution in [3.05, 3.63) is 60.0 Å². The van der Waals surface area contributed by atoms with E-state index in [4.69, 9.17) is 10.5 Å². The molecule has 0 amide bonds. The highest BCUT2D eigenvalue weighted by atomic mass is 16.5. The van der Waals surface area contributed by atoms with Crippen LogP contribution in [0, 0.1) is 5.92 Å². The van der Waals surface area contributed by atoms with E-state index in [1.54, 1.807) is 0 Å². The molecule has 0 unspecified atom stereocenters. The molecule has 0 radical (unpaired) electrons. The van der Waals surface area contributed by atoms with Crippen molar-refractivity contribution in [1.29, 1.82) is 0 Å². The Kier molecular flexibility index (Phi) is 5.52. The van der Waals surface area contributed by atoms with Crippen molar-refractivity contribution in [1.82, 2.24) is 0 Å². The maximum atomic E-state index is 12.0. The predicted octanol–water partition coefficient (Wildman–Crippen LogP) is 4.70. The topological polar surface area (TPSA) is 52.3 Å². The molecule has 3 heteroatoms. The average molecular weight is 323 g/mol. The molecule has 1 aliphatic rings. The lowest BCUT2D eigenvalue weighted by Gasteiger charge is -2.19. The molecule has 0 saturated heterocycles. The van der Waals surface area contributed by atoms with Crippen LogP contribution in [-0.2, 0) is 16.0 Å². The number of hydrogen-bond donors (Lipinski definition) is 1. The van der Waals surface area contributed by atoms with Crippen LogP contribution in [0.15, 0.2) is 54.4 Å². The Labute approximate surface area is 143 Å². The third-order valence-electron chi connectivity index (χ3n) is 4.80. The van der Waals surface area contributed by atoms with E-state index in [0.717, 1.165) is 18.4 Å². The molecule has 1 saturated carbocycles. The number of carbonyl (C=O) groups excluding carboxylic acids is 1. The van der Waals surface area contributed by atoms with Gasteiger partial charge in [-0.05, 0) is 35.1 Å². The van der Waals surface area contributed by atoms with Crippen LogP contribution in [0.5, 0.6) is 0 Å². The zero-order chi connectivity index (χ0) is 16.8. The van der Waals surface area contributed by atoms with Gasteiger partial charge in [-0.2, -0.15) is 0 Å². The van der Waals surface area contributed by atoms with Gasteiger partial charge in [0.05, 0.1) is 0 Å². The molecule has 1 fully saturated rings. The number of benzene rings is 2. The lowest BCUT2D eigenvalue weighted by atomic mass is 9.87. The lowest BCUT2D eigenvalue weighted by Crippen LogP contribution is -2.13. The van der Waals surface area contributed by atoms with Crippen molar-refractivity contribution in [3.63, 3.8) is 0 Å². The van der Waals surface area contributed by atoms with Gasteiger partial charge in [-0.1, -0.05) is 61.7 Å². The first-order valence-corrected chi connectivity index (χ1v) is 8.83. The standard InChI is InChI=1S/C21H25NO2/c22-19(15-24-21(23)13-16-7-2-1-3-8-16)14-18-11-6-10-17-9-4-5-12-20(17)18/h4-6,9-12,15-16H,1-3,7-8,13-14,22H2/b19-15-. The molecule has 24 heavy (non-hydrogen) atoms. The summed E-state index contributed by atoms with van der Waals surface area (Å²) in [5, 5.41) is 2.38. The third-order valence-corrected chi connectivity index (χ3v) is 4.80. The second-order valence-corrected chi connectivity index (χ2v) is 6.71. The van der Waals surface area contributed by atoms with E-state index in [0.29, 0.717) is 24.5 Å². The first kappa shape index (κ1) is 16.6. The summed E-state index contributed by atoms with van der Waals surface area (Å²) in [5.74, 6) is 0.321. The van der Waals surface area contributed by atoms with Gasteiger partial charge in [0.15, 0.2) is 0 Å². The highest BCUT2D eigenvalue weighted by Crippen LogP contribution is 2.26. The van der Waals surface area contributed by atoms with E-state index < -0.39 is 0 Å². The molecule has 0 aliphatic heterocycles. The van der Waals surface area contributed by atoms with Crippen LogP contribution in [0.1, 0.15) is 44.1 Å². The molecular weight excluding hydrogens is 298 g/mol. The maximum absolute atomic E-state index is 12.0. The fraction of sp³-hybridized carbons (Fsp3) is 0.381. The number of nitrogens with two attached hydrogens (primary N) is 1. The van der Waals surface area contributed by atoms with E-state index in [-0.39, 0.29) is 5.97 Å². The van der Waals surface area contributed by atoms with Gasteiger partial charge in [0.2, 0.25) is 0 Å². The normalized spacial score (nSPS) is 16.2. The summed E-state index contributed by atoms with van der Waals surface area (Å²) >= 11 is 0. The van der Waals surface area contributed by atoms with Crippen LogP contribution in [0.25, 0.3) is 10.8 Å². The Balaban J connectivity index is 1.58. The Morgan fingerprint density at radius 3 is 2.67 bits per heavy atom. The van der Waals surface area contributed by atoms with Crippen LogP contribution in [0.3, 0.4) is 0 Å². The predicted molar refractivity (Wildman–Crippen MR) is 97.2 cm³/mol. The summed E-state index contributed by atoms with van der Waals surface area (Å²) in [7, 11) is 0. The largest absolute Gasteiger partial charge is 0.433 e. The number of ether oxygens (including phenoxy) is 1. The highest BCUT2D eigenvalue weighted by Gasteiger charge is 2.17. The van der Waals surface area contributed by atoms with Gasteiger partial charge in [-0.15, -0.1) is 0 Å². The monoisotopic (exact) mass is 323 g/mol. The average Bonchev–Trinajstić information content (AvgIpc) is 2.61. The molecule has 0 aromatic heterocycles. The van der Waals surface area contributed by atoms with Gasteiger partial charge in [0.25, 0.3) is 0 Å². The maximum Gasteiger partial charge on any atom is 0.310 e. The van der Waals surface area contributed by atoms with Crippen molar-refractivity contribution in [2.24, 2.45) is 11.7 Å². The smallest absolute Gasteiger partial charge is 0.310 e. The molecule has 126 valence electrons. The zero-order valence-electron chi connectivity index (χ0n) is 14.0. The highest BCUT2D eigenvalue weighted by molar-refractivity contribution is 5.85. The summed E-state index contributed by atoms with van der Waals surface area (Å²) < 4.78 is 5.26.